The SMILES string of the molecule is CCC(CC)c1nc(-c2ccc(OC)cc2Cl)cnc1N. The molecule has 1 aromatic heterocycles. The average Bonchev–Trinajstić information content (AvgIpc) is 2.50. The van der Waals surface area contributed by atoms with Crippen molar-refractivity contribution in [2.75, 3.05) is 12.8 Å². The van der Waals surface area contributed by atoms with E-state index < -0.39 is 0 Å². The van der Waals surface area contributed by atoms with E-state index >= 15 is 0 Å². The molecule has 2 aromatic rings. The lowest BCUT2D eigenvalue weighted by Gasteiger charge is -2.15. The zero-order chi connectivity index (χ0) is 15.4. The molecule has 4 nitrogen and oxygen atoms in total. The predicted molar refractivity (Wildman–Crippen MR) is 86.8 cm³/mol. The molecular weight excluding hydrogens is 286 g/mol. The number of nitrogen functional groups attached to an aromatic ring is 1. The van der Waals surface area contributed by atoms with Gasteiger partial charge in [-0.25, -0.2) is 9.97 Å². The van der Waals surface area contributed by atoms with Gasteiger partial charge in [0.25, 0.3) is 0 Å². The highest BCUT2D eigenvalue weighted by molar-refractivity contribution is 6.33. The van der Waals surface area contributed by atoms with Gasteiger partial charge in [-0.3, -0.25) is 0 Å². The third kappa shape index (κ3) is 3.27. The summed E-state index contributed by atoms with van der Waals surface area (Å²) in [6.45, 7) is 4.25. The molecule has 0 bridgehead atoms. The maximum Gasteiger partial charge on any atom is 0.145 e. The lowest BCUT2D eigenvalue weighted by atomic mass is 9.98. The number of hydrogen-bond donors (Lipinski definition) is 1. The molecule has 0 unspecified atom stereocenters. The van der Waals surface area contributed by atoms with Gasteiger partial charge in [0.05, 0.1) is 29.7 Å². The van der Waals surface area contributed by atoms with Gasteiger partial charge in [0, 0.05) is 11.5 Å². The molecule has 0 amide bonds. The van der Waals surface area contributed by atoms with E-state index in [9.17, 15) is 0 Å². The molecule has 0 spiro atoms. The van der Waals surface area contributed by atoms with E-state index in [-0.39, 0.29) is 0 Å². The van der Waals surface area contributed by atoms with Crippen LogP contribution in [0.1, 0.15) is 38.3 Å². The number of ether oxygens (including phenoxy) is 1. The van der Waals surface area contributed by atoms with Crippen LogP contribution in [0.3, 0.4) is 0 Å². The van der Waals surface area contributed by atoms with Crippen molar-refractivity contribution < 1.29 is 4.74 Å². The fourth-order valence-electron chi connectivity index (χ4n) is 2.35. The van der Waals surface area contributed by atoms with E-state index in [4.69, 9.17) is 22.1 Å². The van der Waals surface area contributed by atoms with Crippen molar-refractivity contribution in [3.63, 3.8) is 0 Å². The maximum absolute atomic E-state index is 6.30. The minimum absolute atomic E-state index is 0.314. The van der Waals surface area contributed by atoms with Gasteiger partial charge in [0.1, 0.15) is 11.6 Å². The molecule has 0 aliphatic heterocycles. The minimum Gasteiger partial charge on any atom is -0.497 e. The Kier molecular flexibility index (Phi) is 5.02. The Labute approximate surface area is 130 Å². The zero-order valence-corrected chi connectivity index (χ0v) is 13.3. The van der Waals surface area contributed by atoms with Crippen molar-refractivity contribution in [3.05, 3.63) is 35.1 Å². The van der Waals surface area contributed by atoms with Gasteiger partial charge in [0.15, 0.2) is 0 Å². The van der Waals surface area contributed by atoms with Gasteiger partial charge in [-0.05, 0) is 31.0 Å². The number of rotatable bonds is 5. The Morgan fingerprint density at radius 3 is 2.57 bits per heavy atom. The molecular formula is C16H20ClN3O. The average molecular weight is 306 g/mol. The molecule has 0 fully saturated rings. The van der Waals surface area contributed by atoms with Crippen LogP contribution in [0.5, 0.6) is 5.75 Å². The fraction of sp³-hybridized carbons (Fsp3) is 0.375. The van der Waals surface area contributed by atoms with Gasteiger partial charge >= 0.3 is 0 Å². The molecule has 0 atom stereocenters. The second-order valence-electron chi connectivity index (χ2n) is 4.88. The van der Waals surface area contributed by atoms with E-state index in [1.165, 1.54) is 0 Å². The molecule has 1 heterocycles. The number of nitrogens with zero attached hydrogens (tertiary/aromatic N) is 2. The van der Waals surface area contributed by atoms with Gasteiger partial charge in [-0.15, -0.1) is 0 Å². The molecule has 2 rings (SSSR count). The first-order chi connectivity index (χ1) is 10.1. The largest absolute Gasteiger partial charge is 0.497 e. The molecule has 0 saturated heterocycles. The summed E-state index contributed by atoms with van der Waals surface area (Å²) in [5.74, 6) is 1.53. The van der Waals surface area contributed by atoms with Crippen LogP contribution in [-0.4, -0.2) is 17.1 Å². The third-order valence-corrected chi connectivity index (χ3v) is 3.97. The summed E-state index contributed by atoms with van der Waals surface area (Å²) in [6, 6.07) is 5.51. The molecule has 0 aliphatic carbocycles. The lowest BCUT2D eigenvalue weighted by molar-refractivity contribution is 0.415. The van der Waals surface area contributed by atoms with Crippen LogP contribution in [-0.2, 0) is 0 Å². The number of hydrogen-bond acceptors (Lipinski definition) is 4. The molecule has 0 saturated carbocycles. The number of nitrogens with two attached hydrogens (primary N) is 1. The molecule has 112 valence electrons. The van der Waals surface area contributed by atoms with Gasteiger partial charge in [-0.1, -0.05) is 25.4 Å². The molecule has 0 aliphatic rings. The van der Waals surface area contributed by atoms with Crippen molar-refractivity contribution in [2.45, 2.75) is 32.6 Å². The van der Waals surface area contributed by atoms with E-state index in [0.717, 1.165) is 29.8 Å². The van der Waals surface area contributed by atoms with Crippen LogP contribution >= 0.6 is 11.6 Å². The second kappa shape index (κ2) is 6.76. The Bertz CT molecular complexity index is 627. The summed E-state index contributed by atoms with van der Waals surface area (Å²) in [4.78, 5) is 8.97. The number of methoxy groups -OCH3 is 1. The summed E-state index contributed by atoms with van der Waals surface area (Å²) in [7, 11) is 1.61. The van der Waals surface area contributed by atoms with E-state index in [0.29, 0.717) is 22.5 Å². The zero-order valence-electron chi connectivity index (χ0n) is 12.6. The summed E-state index contributed by atoms with van der Waals surface area (Å²) in [5.41, 5.74) is 8.39. The molecule has 1 aromatic carbocycles. The van der Waals surface area contributed by atoms with Crippen LogP contribution in [0.15, 0.2) is 24.4 Å². The van der Waals surface area contributed by atoms with Crippen molar-refractivity contribution in [1.82, 2.24) is 9.97 Å². The summed E-state index contributed by atoms with van der Waals surface area (Å²) >= 11 is 6.30. The number of benzene rings is 1. The van der Waals surface area contributed by atoms with Crippen LogP contribution in [0.4, 0.5) is 5.82 Å². The minimum atomic E-state index is 0.314. The predicted octanol–water partition coefficient (Wildman–Crippen LogP) is 4.29. The van der Waals surface area contributed by atoms with Crippen LogP contribution in [0.2, 0.25) is 5.02 Å². The summed E-state index contributed by atoms with van der Waals surface area (Å²) in [5, 5.41) is 0.587. The van der Waals surface area contributed by atoms with E-state index in [2.05, 4.69) is 23.8 Å². The monoisotopic (exact) mass is 305 g/mol. The first kappa shape index (κ1) is 15.6. The highest BCUT2D eigenvalue weighted by Gasteiger charge is 2.16. The van der Waals surface area contributed by atoms with Crippen molar-refractivity contribution >= 4 is 17.4 Å². The summed E-state index contributed by atoms with van der Waals surface area (Å²) < 4.78 is 5.16. The van der Waals surface area contributed by atoms with Crippen LogP contribution < -0.4 is 10.5 Å². The Balaban J connectivity index is 2.48. The number of anilines is 1. The van der Waals surface area contributed by atoms with E-state index in [1.807, 2.05) is 12.1 Å². The second-order valence-corrected chi connectivity index (χ2v) is 5.29. The van der Waals surface area contributed by atoms with Crippen LogP contribution in [0, 0.1) is 0 Å². The van der Waals surface area contributed by atoms with Crippen molar-refractivity contribution in [2.24, 2.45) is 0 Å². The molecule has 21 heavy (non-hydrogen) atoms. The first-order valence-corrected chi connectivity index (χ1v) is 7.44. The topological polar surface area (TPSA) is 61.0 Å². The molecule has 0 radical (unpaired) electrons. The first-order valence-electron chi connectivity index (χ1n) is 7.07. The number of aromatic nitrogens is 2. The quantitative estimate of drug-likeness (QED) is 0.895. The molecule has 5 heteroatoms. The standard InChI is InChI=1S/C16H20ClN3O/c1-4-10(5-2)15-16(18)19-9-14(20-15)12-7-6-11(21-3)8-13(12)17/h6-10H,4-5H2,1-3H3,(H2,18,19). The van der Waals surface area contributed by atoms with Crippen molar-refractivity contribution in [1.29, 1.82) is 0 Å². The maximum atomic E-state index is 6.30. The van der Waals surface area contributed by atoms with Crippen molar-refractivity contribution in [3.8, 4) is 17.0 Å². The normalized spacial score (nSPS) is 10.9. The summed E-state index contributed by atoms with van der Waals surface area (Å²) in [6.07, 6.45) is 3.62. The Hall–Kier alpha value is -1.81. The highest BCUT2D eigenvalue weighted by atomic mass is 35.5. The van der Waals surface area contributed by atoms with Gasteiger partial charge in [-0.2, -0.15) is 0 Å². The van der Waals surface area contributed by atoms with Crippen LogP contribution in [0.25, 0.3) is 11.3 Å². The highest BCUT2D eigenvalue weighted by Crippen LogP contribution is 2.32. The smallest absolute Gasteiger partial charge is 0.145 e. The Morgan fingerprint density at radius 1 is 1.29 bits per heavy atom. The Morgan fingerprint density at radius 2 is 2.00 bits per heavy atom. The lowest BCUT2D eigenvalue weighted by Crippen LogP contribution is -2.07. The fourth-order valence-corrected chi connectivity index (χ4v) is 2.62. The third-order valence-electron chi connectivity index (χ3n) is 3.65. The van der Waals surface area contributed by atoms with Gasteiger partial charge in [0.2, 0.25) is 0 Å². The molecule has 2 N–H and O–H groups in total. The van der Waals surface area contributed by atoms with E-state index in [1.54, 1.807) is 19.4 Å². The van der Waals surface area contributed by atoms with Gasteiger partial charge < -0.3 is 10.5 Å². The number of halogens is 1.